The van der Waals surface area contributed by atoms with Gasteiger partial charge in [0.1, 0.15) is 5.82 Å². The van der Waals surface area contributed by atoms with Crippen molar-refractivity contribution in [3.63, 3.8) is 0 Å². The molecular weight excluding hydrogens is 287 g/mol. The van der Waals surface area contributed by atoms with Gasteiger partial charge in [0.05, 0.1) is 0 Å². The largest absolute Gasteiger partial charge is 0.329 e. The molecule has 0 radical (unpaired) electrons. The van der Waals surface area contributed by atoms with Gasteiger partial charge < -0.3 is 5.73 Å². The first-order chi connectivity index (χ1) is 10.0. The van der Waals surface area contributed by atoms with Gasteiger partial charge in [0.15, 0.2) is 0 Å². The highest BCUT2D eigenvalue weighted by atomic mass is 35.5. The molecular formula is C17H20ClFN2. The predicted molar refractivity (Wildman–Crippen MR) is 85.9 cm³/mol. The quantitative estimate of drug-likeness (QED) is 0.907. The Morgan fingerprint density at radius 2 is 2.00 bits per heavy atom. The average Bonchev–Trinajstić information content (AvgIpc) is 2.43. The highest BCUT2D eigenvalue weighted by Crippen LogP contribution is 2.24. The summed E-state index contributed by atoms with van der Waals surface area (Å²) in [5.41, 5.74) is 8.62. The lowest BCUT2D eigenvalue weighted by Gasteiger charge is -2.28. The summed E-state index contributed by atoms with van der Waals surface area (Å²) in [4.78, 5) is 2.05. The van der Waals surface area contributed by atoms with Crippen LogP contribution in [0.15, 0.2) is 42.5 Å². The van der Waals surface area contributed by atoms with Crippen LogP contribution >= 0.6 is 11.6 Å². The Balaban J connectivity index is 2.22. The highest BCUT2D eigenvalue weighted by molar-refractivity contribution is 6.30. The van der Waals surface area contributed by atoms with Gasteiger partial charge in [0.25, 0.3) is 0 Å². The summed E-state index contributed by atoms with van der Waals surface area (Å²) >= 11 is 6.00. The zero-order valence-electron chi connectivity index (χ0n) is 12.3. The van der Waals surface area contributed by atoms with Gasteiger partial charge in [-0.25, -0.2) is 4.39 Å². The van der Waals surface area contributed by atoms with Crippen LogP contribution in [0.3, 0.4) is 0 Å². The number of halogens is 2. The Labute approximate surface area is 130 Å². The number of aryl methyl sites for hydroxylation is 1. The van der Waals surface area contributed by atoms with E-state index in [1.807, 2.05) is 49.2 Å². The zero-order valence-corrected chi connectivity index (χ0v) is 13.1. The van der Waals surface area contributed by atoms with Gasteiger partial charge in [0, 0.05) is 29.7 Å². The molecule has 0 aromatic heterocycles. The molecule has 0 aliphatic rings. The van der Waals surface area contributed by atoms with Crippen molar-refractivity contribution in [2.45, 2.75) is 19.5 Å². The second-order valence-corrected chi connectivity index (χ2v) is 5.76. The fraction of sp³-hybridized carbons (Fsp3) is 0.294. The minimum Gasteiger partial charge on any atom is -0.329 e. The van der Waals surface area contributed by atoms with Crippen molar-refractivity contribution in [1.82, 2.24) is 4.90 Å². The first-order valence-corrected chi connectivity index (χ1v) is 7.30. The second kappa shape index (κ2) is 7.03. The topological polar surface area (TPSA) is 29.3 Å². The van der Waals surface area contributed by atoms with Crippen LogP contribution in [0.5, 0.6) is 0 Å². The Bertz CT molecular complexity index is 615. The van der Waals surface area contributed by atoms with Gasteiger partial charge in [-0.3, -0.25) is 4.90 Å². The lowest BCUT2D eigenvalue weighted by Crippen LogP contribution is -2.31. The van der Waals surface area contributed by atoms with Crippen molar-refractivity contribution in [2.24, 2.45) is 5.73 Å². The molecule has 0 spiro atoms. The first kappa shape index (κ1) is 16.0. The smallest absolute Gasteiger partial charge is 0.128 e. The van der Waals surface area contributed by atoms with Crippen molar-refractivity contribution in [2.75, 3.05) is 13.6 Å². The maximum Gasteiger partial charge on any atom is 0.128 e. The van der Waals surface area contributed by atoms with Crippen LogP contribution in [0.25, 0.3) is 0 Å². The highest BCUT2D eigenvalue weighted by Gasteiger charge is 2.19. The van der Waals surface area contributed by atoms with Crippen molar-refractivity contribution in [3.05, 3.63) is 70.0 Å². The average molecular weight is 307 g/mol. The minimum absolute atomic E-state index is 0.163. The molecule has 0 fully saturated rings. The van der Waals surface area contributed by atoms with Crippen LogP contribution in [0, 0.1) is 12.7 Å². The fourth-order valence-electron chi connectivity index (χ4n) is 2.50. The van der Waals surface area contributed by atoms with Gasteiger partial charge in [-0.05, 0) is 37.7 Å². The second-order valence-electron chi connectivity index (χ2n) is 5.32. The number of rotatable bonds is 5. The molecule has 112 valence electrons. The first-order valence-electron chi connectivity index (χ1n) is 6.92. The minimum atomic E-state index is -0.214. The normalized spacial score (nSPS) is 12.7. The number of hydrogen-bond donors (Lipinski definition) is 1. The van der Waals surface area contributed by atoms with Crippen LogP contribution in [-0.4, -0.2) is 18.5 Å². The summed E-state index contributed by atoms with van der Waals surface area (Å²) in [5, 5.41) is 0.701. The van der Waals surface area contributed by atoms with E-state index in [1.54, 1.807) is 6.07 Å². The zero-order chi connectivity index (χ0) is 15.4. The maximum absolute atomic E-state index is 14.1. The van der Waals surface area contributed by atoms with Crippen molar-refractivity contribution in [1.29, 1.82) is 0 Å². The summed E-state index contributed by atoms with van der Waals surface area (Å²) in [6.07, 6.45) is 0. The van der Waals surface area contributed by atoms with Crippen LogP contribution < -0.4 is 5.73 Å². The summed E-state index contributed by atoms with van der Waals surface area (Å²) in [6.45, 7) is 2.97. The monoisotopic (exact) mass is 306 g/mol. The Kier molecular flexibility index (Phi) is 5.34. The van der Waals surface area contributed by atoms with Crippen molar-refractivity contribution < 1.29 is 4.39 Å². The molecule has 0 bridgehead atoms. The Hall–Kier alpha value is -1.42. The lowest BCUT2D eigenvalue weighted by atomic mass is 10.0. The molecule has 0 amide bonds. The molecule has 0 saturated carbocycles. The molecule has 0 aliphatic heterocycles. The van der Waals surface area contributed by atoms with Crippen LogP contribution in [0.2, 0.25) is 5.02 Å². The van der Waals surface area contributed by atoms with Crippen molar-refractivity contribution in [3.8, 4) is 0 Å². The van der Waals surface area contributed by atoms with E-state index in [1.165, 1.54) is 6.07 Å². The number of nitrogens with two attached hydrogens (primary N) is 1. The number of likely N-dealkylation sites (N-methyl/N-ethyl adjacent to an activating group) is 1. The third-order valence-electron chi connectivity index (χ3n) is 3.59. The molecule has 4 heteroatoms. The molecule has 2 nitrogen and oxygen atoms in total. The summed E-state index contributed by atoms with van der Waals surface area (Å²) in [7, 11) is 1.94. The SMILES string of the molecule is Cc1ccc(F)c(C(CN)N(C)Cc2cccc(Cl)c2)c1. The van der Waals surface area contributed by atoms with Crippen LogP contribution in [0.1, 0.15) is 22.7 Å². The maximum atomic E-state index is 14.1. The predicted octanol–water partition coefficient (Wildman–Crippen LogP) is 3.92. The molecule has 2 N–H and O–H groups in total. The number of hydrogen-bond acceptors (Lipinski definition) is 2. The molecule has 0 aliphatic carbocycles. The summed E-state index contributed by atoms with van der Waals surface area (Å²) in [6, 6.07) is 12.6. The molecule has 21 heavy (non-hydrogen) atoms. The van der Waals surface area contributed by atoms with Gasteiger partial charge in [0.2, 0.25) is 0 Å². The van der Waals surface area contributed by atoms with Crippen molar-refractivity contribution >= 4 is 11.6 Å². The molecule has 0 saturated heterocycles. The van der Waals surface area contributed by atoms with E-state index in [0.29, 0.717) is 23.7 Å². The van der Waals surface area contributed by atoms with Gasteiger partial charge in [-0.1, -0.05) is 41.4 Å². The Morgan fingerprint density at radius 3 is 2.67 bits per heavy atom. The molecule has 0 heterocycles. The fourth-order valence-corrected chi connectivity index (χ4v) is 2.71. The Morgan fingerprint density at radius 1 is 1.24 bits per heavy atom. The number of benzene rings is 2. The van der Waals surface area contributed by atoms with E-state index in [0.717, 1.165) is 11.1 Å². The van der Waals surface area contributed by atoms with Crippen LogP contribution in [0.4, 0.5) is 4.39 Å². The van der Waals surface area contributed by atoms with E-state index in [-0.39, 0.29) is 11.9 Å². The molecule has 2 aromatic carbocycles. The van der Waals surface area contributed by atoms with E-state index in [9.17, 15) is 4.39 Å². The van der Waals surface area contributed by atoms with E-state index >= 15 is 0 Å². The van der Waals surface area contributed by atoms with E-state index in [4.69, 9.17) is 17.3 Å². The van der Waals surface area contributed by atoms with Crippen LogP contribution in [-0.2, 0) is 6.54 Å². The van der Waals surface area contributed by atoms with Gasteiger partial charge in [-0.2, -0.15) is 0 Å². The third kappa shape index (κ3) is 4.03. The molecule has 1 unspecified atom stereocenters. The number of nitrogens with zero attached hydrogens (tertiary/aromatic N) is 1. The standard InChI is InChI=1S/C17H20ClFN2/c1-12-6-7-16(19)15(8-12)17(10-20)21(2)11-13-4-3-5-14(18)9-13/h3-9,17H,10-11,20H2,1-2H3. The van der Waals surface area contributed by atoms with E-state index in [2.05, 4.69) is 0 Å². The van der Waals surface area contributed by atoms with E-state index < -0.39 is 0 Å². The lowest BCUT2D eigenvalue weighted by molar-refractivity contribution is 0.236. The summed E-state index contributed by atoms with van der Waals surface area (Å²) < 4.78 is 14.1. The third-order valence-corrected chi connectivity index (χ3v) is 3.82. The van der Waals surface area contributed by atoms with Gasteiger partial charge in [-0.15, -0.1) is 0 Å². The molecule has 2 aromatic rings. The summed E-state index contributed by atoms with van der Waals surface area (Å²) in [5.74, 6) is -0.214. The molecule has 2 rings (SSSR count). The molecule has 1 atom stereocenters. The van der Waals surface area contributed by atoms with Gasteiger partial charge >= 0.3 is 0 Å².